The van der Waals surface area contributed by atoms with Crippen LogP contribution in [0.25, 0.3) is 22.4 Å². The van der Waals surface area contributed by atoms with E-state index in [0.29, 0.717) is 70.3 Å². The summed E-state index contributed by atoms with van der Waals surface area (Å²) >= 11 is 13.8. The Balaban J connectivity index is 1.37. The van der Waals surface area contributed by atoms with Gasteiger partial charge in [0.15, 0.2) is 10.9 Å². The summed E-state index contributed by atoms with van der Waals surface area (Å²) in [6, 6.07) is 11.9. The maximum Gasteiger partial charge on any atom is 0.411 e. The number of hydrogen-bond acceptors (Lipinski definition) is 9. The Bertz CT molecular complexity index is 2010. The molecule has 260 valence electrons. The maximum atomic E-state index is 14.0. The van der Waals surface area contributed by atoms with Crippen molar-refractivity contribution >= 4 is 75.2 Å². The number of ether oxygens (including phenoxy) is 1. The van der Waals surface area contributed by atoms with Gasteiger partial charge >= 0.3 is 6.09 Å². The van der Waals surface area contributed by atoms with Crippen LogP contribution < -0.4 is 10.6 Å². The Morgan fingerprint density at radius 3 is 2.64 bits per heavy atom. The molecule has 4 aromatic rings. The SMILES string of the molecule is CC(=O)c1sc2cc1-c1ccc(NC(=O)OCCO)cc1NC(=O)[C@H](C)CCC[C@@H]2N1CCC(c2cc(Cl)ccc2-n2cc(Cl)nn2)=CC1=O. The number of carbonyl (C=O) groups excluding carboxylic acids is 4. The molecule has 50 heavy (non-hydrogen) atoms. The number of nitrogens with one attached hydrogen (secondary N) is 2. The third-order valence-electron chi connectivity index (χ3n) is 8.70. The Kier molecular flexibility index (Phi) is 10.7. The van der Waals surface area contributed by atoms with Crippen molar-refractivity contribution in [2.45, 2.75) is 45.6 Å². The lowest BCUT2D eigenvalue weighted by Gasteiger charge is -2.34. The van der Waals surface area contributed by atoms with Gasteiger partial charge in [0.2, 0.25) is 11.8 Å². The lowest BCUT2D eigenvalue weighted by molar-refractivity contribution is -0.129. The quantitative estimate of drug-likeness (QED) is 0.169. The second-order valence-electron chi connectivity index (χ2n) is 12.1. The summed E-state index contributed by atoms with van der Waals surface area (Å²) in [6.07, 6.45) is 4.80. The number of Topliss-reactive ketones (excluding diaryl/α,β-unsaturated/α-hetero) is 1. The molecule has 0 fully saturated rings. The van der Waals surface area contributed by atoms with Gasteiger partial charge in [-0.3, -0.25) is 19.7 Å². The van der Waals surface area contributed by atoms with Crippen LogP contribution in [0.5, 0.6) is 0 Å². The molecule has 0 spiro atoms. The topological polar surface area (TPSA) is 156 Å². The molecule has 2 aliphatic rings. The number of ketones is 1. The van der Waals surface area contributed by atoms with E-state index in [1.165, 1.54) is 18.3 Å². The van der Waals surface area contributed by atoms with Crippen molar-refractivity contribution < 1.29 is 29.0 Å². The average molecular weight is 738 g/mol. The van der Waals surface area contributed by atoms with Gasteiger partial charge in [-0.15, -0.1) is 16.4 Å². The summed E-state index contributed by atoms with van der Waals surface area (Å²) in [7, 11) is 0. The number of rotatable bonds is 7. The highest BCUT2D eigenvalue weighted by Gasteiger charge is 2.32. The van der Waals surface area contributed by atoms with Gasteiger partial charge in [0.25, 0.3) is 0 Å². The lowest BCUT2D eigenvalue weighted by Crippen LogP contribution is -2.37. The number of hydrogen-bond donors (Lipinski definition) is 3. The van der Waals surface area contributed by atoms with Crippen molar-refractivity contribution in [2.24, 2.45) is 5.92 Å². The molecule has 3 N–H and O–H groups in total. The van der Waals surface area contributed by atoms with E-state index in [2.05, 4.69) is 20.9 Å². The standard InChI is InChI=1S/C35H34Cl2N6O6S/c1-19-4-3-5-29(42-11-10-21(14-32(42)46)25-15-22(36)6-9-28(25)43-18-31(37)40-41-43)30-17-26(33(50-30)20(2)45)24-8-7-23(16-27(24)39-34(19)47)38-35(48)49-13-12-44/h6-9,14-19,29,44H,3-5,10-13H2,1-2H3,(H,38,48)(H,39,47)/t19-,29+/m1/s1. The van der Waals surface area contributed by atoms with Crippen molar-refractivity contribution in [3.63, 3.8) is 0 Å². The molecule has 6 rings (SSSR count). The molecular weight excluding hydrogens is 703 g/mol. The molecule has 3 amide bonds. The second-order valence-corrected chi connectivity index (χ2v) is 14.0. The van der Waals surface area contributed by atoms with Gasteiger partial charge in [0, 0.05) is 50.8 Å². The third kappa shape index (κ3) is 7.60. The van der Waals surface area contributed by atoms with Crippen molar-refractivity contribution in [1.82, 2.24) is 19.9 Å². The highest BCUT2D eigenvalue weighted by Crippen LogP contribution is 2.44. The smallest absolute Gasteiger partial charge is 0.411 e. The third-order valence-corrected chi connectivity index (χ3v) is 10.4. The first-order valence-corrected chi connectivity index (χ1v) is 17.6. The summed E-state index contributed by atoms with van der Waals surface area (Å²) in [5.74, 6) is -0.903. The van der Waals surface area contributed by atoms with Crippen LogP contribution in [-0.2, 0) is 14.3 Å². The van der Waals surface area contributed by atoms with Crippen molar-refractivity contribution in [2.75, 3.05) is 30.4 Å². The van der Waals surface area contributed by atoms with Gasteiger partial charge in [-0.2, -0.15) is 0 Å². The molecule has 2 aromatic carbocycles. The number of anilines is 2. The predicted octanol–water partition coefficient (Wildman–Crippen LogP) is 7.16. The van der Waals surface area contributed by atoms with Gasteiger partial charge in [0.05, 0.1) is 35.1 Å². The fourth-order valence-corrected chi connectivity index (χ4v) is 7.76. The zero-order valence-corrected chi connectivity index (χ0v) is 29.6. The highest BCUT2D eigenvalue weighted by atomic mass is 35.5. The van der Waals surface area contributed by atoms with Crippen LogP contribution in [0.2, 0.25) is 10.2 Å². The molecule has 0 unspecified atom stereocenters. The zero-order chi connectivity index (χ0) is 35.5. The van der Waals surface area contributed by atoms with Gasteiger partial charge in [0.1, 0.15) is 6.61 Å². The van der Waals surface area contributed by atoms with E-state index in [1.807, 2.05) is 17.9 Å². The minimum atomic E-state index is -0.755. The number of fused-ring (bicyclic) bond motifs is 4. The number of aromatic nitrogens is 3. The van der Waals surface area contributed by atoms with Gasteiger partial charge in [-0.25, -0.2) is 9.48 Å². The van der Waals surface area contributed by atoms with Crippen LogP contribution in [0.15, 0.2) is 54.7 Å². The van der Waals surface area contributed by atoms with Crippen LogP contribution >= 0.6 is 34.5 Å². The van der Waals surface area contributed by atoms with E-state index in [4.69, 9.17) is 33.0 Å². The molecule has 2 aliphatic heterocycles. The Morgan fingerprint density at radius 2 is 1.92 bits per heavy atom. The van der Waals surface area contributed by atoms with Crippen LogP contribution in [0.1, 0.15) is 65.7 Å². The normalized spacial score (nSPS) is 17.9. The summed E-state index contributed by atoms with van der Waals surface area (Å²) in [5.41, 5.74) is 4.22. The predicted molar refractivity (Wildman–Crippen MR) is 192 cm³/mol. The van der Waals surface area contributed by atoms with Crippen molar-refractivity contribution in [1.29, 1.82) is 0 Å². The first kappa shape index (κ1) is 35.3. The van der Waals surface area contributed by atoms with E-state index >= 15 is 0 Å². The van der Waals surface area contributed by atoms with E-state index in [0.717, 1.165) is 16.0 Å². The number of carbonyl (C=O) groups is 4. The minimum Gasteiger partial charge on any atom is -0.447 e. The fraction of sp³-hybridized carbons (Fsp3) is 0.314. The Morgan fingerprint density at radius 1 is 1.10 bits per heavy atom. The largest absolute Gasteiger partial charge is 0.447 e. The molecule has 2 atom stereocenters. The lowest BCUT2D eigenvalue weighted by atomic mass is 9.93. The fourth-order valence-electron chi connectivity index (χ4n) is 6.25. The molecular formula is C35H34Cl2N6O6S. The van der Waals surface area contributed by atoms with Crippen molar-refractivity contribution in [3.05, 3.63) is 80.2 Å². The van der Waals surface area contributed by atoms with E-state index in [-0.39, 0.29) is 47.9 Å². The molecule has 12 nitrogen and oxygen atoms in total. The zero-order valence-electron chi connectivity index (χ0n) is 27.2. The summed E-state index contributed by atoms with van der Waals surface area (Å²) in [6.45, 7) is 3.27. The van der Waals surface area contributed by atoms with Crippen LogP contribution in [0.3, 0.4) is 0 Å². The molecule has 0 radical (unpaired) electrons. The summed E-state index contributed by atoms with van der Waals surface area (Å²) in [5, 5.41) is 23.3. The number of nitrogens with zero attached hydrogens (tertiary/aromatic N) is 4. The number of aliphatic hydroxyl groups is 1. The second kappa shape index (κ2) is 15.1. The highest BCUT2D eigenvalue weighted by molar-refractivity contribution is 7.14. The monoisotopic (exact) mass is 736 g/mol. The maximum absolute atomic E-state index is 14.0. The number of benzene rings is 2. The molecule has 0 saturated carbocycles. The number of thiophene rings is 1. The van der Waals surface area contributed by atoms with Crippen LogP contribution in [0, 0.1) is 5.92 Å². The van der Waals surface area contributed by atoms with Crippen LogP contribution in [0.4, 0.5) is 16.2 Å². The van der Waals surface area contributed by atoms with Gasteiger partial charge in [-0.05, 0) is 68.2 Å². The number of aliphatic hydroxyl groups excluding tert-OH is 1. The average Bonchev–Trinajstić information content (AvgIpc) is 3.72. The minimum absolute atomic E-state index is 0.154. The molecule has 0 saturated heterocycles. The summed E-state index contributed by atoms with van der Waals surface area (Å²) < 4.78 is 6.47. The van der Waals surface area contributed by atoms with E-state index in [1.54, 1.807) is 53.4 Å². The number of halogens is 2. The molecule has 4 heterocycles. The Labute approximate surface area is 302 Å². The molecule has 2 bridgehead atoms. The molecule has 0 aliphatic carbocycles. The van der Waals surface area contributed by atoms with Gasteiger partial charge < -0.3 is 20.1 Å². The van der Waals surface area contributed by atoms with E-state index < -0.39 is 6.09 Å². The first-order chi connectivity index (χ1) is 24.0. The summed E-state index contributed by atoms with van der Waals surface area (Å²) in [4.78, 5) is 55.8. The molecule has 15 heteroatoms. The van der Waals surface area contributed by atoms with E-state index in [9.17, 15) is 19.2 Å². The van der Waals surface area contributed by atoms with Crippen molar-refractivity contribution in [3.8, 4) is 16.8 Å². The Hall–Kier alpha value is -4.56. The number of amides is 3. The first-order valence-electron chi connectivity index (χ1n) is 16.1. The molecule has 2 aromatic heterocycles. The van der Waals surface area contributed by atoms with Crippen LogP contribution in [-0.4, -0.2) is 68.4 Å². The van der Waals surface area contributed by atoms with Gasteiger partial charge in [-0.1, -0.05) is 47.8 Å².